The van der Waals surface area contributed by atoms with Crippen LogP contribution < -0.4 is 30.1 Å². The second-order valence-corrected chi connectivity index (χ2v) is 21.3. The second kappa shape index (κ2) is 18.1. The Morgan fingerprint density at radius 2 is 1.67 bits per heavy atom. The van der Waals surface area contributed by atoms with E-state index < -0.39 is 74.5 Å². The van der Waals surface area contributed by atoms with Crippen LogP contribution in [0.15, 0.2) is 35.7 Å². The molecule has 0 bridgehead atoms. The lowest BCUT2D eigenvalue weighted by molar-refractivity contribution is -0.145. The van der Waals surface area contributed by atoms with E-state index in [4.69, 9.17) is 19.4 Å². The molecule has 5 amide bonds. The van der Waals surface area contributed by atoms with Crippen LogP contribution in [0.5, 0.6) is 11.5 Å². The quantitative estimate of drug-likeness (QED) is 0.160. The van der Waals surface area contributed by atoms with Gasteiger partial charge in [-0.2, -0.15) is 0 Å². The Hall–Kier alpha value is -5.10. The molecule has 1 aromatic carbocycles. The molecule has 2 aliphatic heterocycles. The molecule has 16 nitrogen and oxygen atoms in total. The van der Waals surface area contributed by atoms with E-state index in [9.17, 15) is 32.4 Å². The molecule has 0 unspecified atom stereocenters. The fourth-order valence-corrected chi connectivity index (χ4v) is 11.8. The molecule has 342 valence electrons. The number of pyridine rings is 1. The summed E-state index contributed by atoms with van der Waals surface area (Å²) in [6, 6.07) is 3.09. The molecule has 1 saturated heterocycles. The van der Waals surface area contributed by atoms with Gasteiger partial charge in [0.2, 0.25) is 21.8 Å². The first-order valence-electron chi connectivity index (χ1n) is 22.9. The molecule has 5 atom stereocenters. The predicted octanol–water partition coefficient (Wildman–Crippen LogP) is 4.84. The first-order chi connectivity index (χ1) is 30.8. The van der Waals surface area contributed by atoms with Crippen LogP contribution in [0, 0.1) is 12.8 Å². The zero-order valence-electron chi connectivity index (χ0n) is 36.4. The lowest BCUT2D eigenvalue weighted by atomic mass is 9.95. The third-order valence-corrected chi connectivity index (χ3v) is 16.4. The van der Waals surface area contributed by atoms with Gasteiger partial charge in [-0.05, 0) is 83.3 Å². The molecule has 0 radical (unpaired) electrons. The van der Waals surface area contributed by atoms with Crippen molar-refractivity contribution in [1.29, 1.82) is 0 Å². The van der Waals surface area contributed by atoms with E-state index >= 15 is 0 Å². The number of rotatable bonds is 10. The van der Waals surface area contributed by atoms with Gasteiger partial charge in [0, 0.05) is 46.7 Å². The molecule has 64 heavy (non-hydrogen) atoms. The number of ether oxygens (including phenoxy) is 2. The van der Waals surface area contributed by atoms with Crippen molar-refractivity contribution in [3.05, 3.63) is 47.0 Å². The Balaban J connectivity index is 1.04. The molecular formula is C46H57N7O9S2. The smallest absolute Gasteiger partial charge is 0.309 e. The fraction of sp³-hybridized carbons (Fsp3) is 0.587. The number of hydrogen-bond donors (Lipinski definition) is 4. The molecule has 2 aromatic heterocycles. The normalized spacial score (nSPS) is 27.2. The minimum absolute atomic E-state index is 0.0103. The average molecular weight is 916 g/mol. The van der Waals surface area contributed by atoms with Crippen molar-refractivity contribution in [2.24, 2.45) is 5.92 Å². The van der Waals surface area contributed by atoms with Gasteiger partial charge < -0.3 is 30.3 Å². The van der Waals surface area contributed by atoms with Crippen molar-refractivity contribution in [2.75, 3.05) is 13.7 Å². The number of nitrogens with zero attached hydrogens (tertiary/aromatic N) is 3. The van der Waals surface area contributed by atoms with Crippen LogP contribution in [0.3, 0.4) is 0 Å². The van der Waals surface area contributed by atoms with E-state index in [0.29, 0.717) is 66.1 Å². The molecule has 5 fully saturated rings. The zero-order chi connectivity index (χ0) is 44.8. The highest BCUT2D eigenvalue weighted by molar-refractivity contribution is 7.91. The Kier molecular flexibility index (Phi) is 12.4. The molecular weight excluding hydrogens is 859 g/mol. The van der Waals surface area contributed by atoms with Crippen LogP contribution >= 0.6 is 11.3 Å². The van der Waals surface area contributed by atoms with Crippen molar-refractivity contribution in [1.82, 2.24) is 35.5 Å². The molecule has 9 rings (SSSR count). The summed E-state index contributed by atoms with van der Waals surface area (Å²) in [5, 5.41) is 11.3. The van der Waals surface area contributed by atoms with Crippen molar-refractivity contribution in [3.63, 3.8) is 0 Å². The number of fused-ring (bicyclic) bond motifs is 3. The van der Waals surface area contributed by atoms with Gasteiger partial charge >= 0.3 is 11.8 Å². The van der Waals surface area contributed by atoms with Gasteiger partial charge in [-0.25, -0.2) is 18.4 Å². The Morgan fingerprint density at radius 1 is 0.922 bits per heavy atom. The predicted molar refractivity (Wildman–Crippen MR) is 239 cm³/mol. The Bertz CT molecular complexity index is 2480. The number of allylic oxidation sites excluding steroid dienone is 1. The van der Waals surface area contributed by atoms with E-state index in [0.717, 1.165) is 67.6 Å². The van der Waals surface area contributed by atoms with Crippen LogP contribution in [0.4, 0.5) is 0 Å². The molecule has 18 heteroatoms. The average Bonchev–Trinajstić information content (AvgIpc) is 4.24. The van der Waals surface area contributed by atoms with E-state index in [1.807, 2.05) is 37.3 Å². The Morgan fingerprint density at radius 3 is 2.42 bits per heavy atom. The minimum atomic E-state index is -3.93. The zero-order valence-corrected chi connectivity index (χ0v) is 38.0. The number of amides is 5. The first-order valence-corrected chi connectivity index (χ1v) is 25.3. The van der Waals surface area contributed by atoms with Crippen molar-refractivity contribution >= 4 is 61.8 Å². The van der Waals surface area contributed by atoms with Gasteiger partial charge in [0.05, 0.1) is 30.1 Å². The molecule has 6 aliphatic rings. The van der Waals surface area contributed by atoms with Crippen molar-refractivity contribution in [2.45, 2.75) is 151 Å². The maximum Gasteiger partial charge on any atom is 0.309 e. The molecule has 4 saturated carbocycles. The summed E-state index contributed by atoms with van der Waals surface area (Å²) in [6.45, 7) is 1.86. The van der Waals surface area contributed by atoms with Gasteiger partial charge in [-0.3, -0.25) is 28.7 Å². The number of benzene rings is 1. The highest BCUT2D eigenvalue weighted by Crippen LogP contribution is 2.47. The monoisotopic (exact) mass is 915 g/mol. The second-order valence-electron chi connectivity index (χ2n) is 18.5. The standard InChI is InChI=1S/C46H57N7O9S2/c1-26-37(61-2)20-19-32-38(22-34(48-39(26)32)43-50-35(25-63-43)27-15-16-27)62-30-21-36-40(54)51-46(45(58)52-64(59,60)31-17-18-31)23-28(46)11-7-4-3-5-10-14-33(44(57)53(36)24-30)49-42(56)41(55)47-29-12-8-6-9-13-29/h7,11,19-20,22,25,27-31,33,36H,3-6,8-10,12-18,21,23-24H2,1-2H3,(H,47,55)(H,49,56)(H,51,54)(H,52,58)/b11-7-/t28-,30-,33+,36+,46-/m1/s1. The van der Waals surface area contributed by atoms with Crippen LogP contribution in [0.2, 0.25) is 0 Å². The molecule has 4 heterocycles. The largest absolute Gasteiger partial charge is 0.496 e. The third kappa shape index (κ3) is 9.35. The topological polar surface area (TPSA) is 215 Å². The van der Waals surface area contributed by atoms with Crippen LogP contribution in [0.1, 0.15) is 120 Å². The number of carbonyl (C=O) groups excluding carboxylic acids is 5. The molecule has 0 spiro atoms. The highest BCUT2D eigenvalue weighted by Gasteiger charge is 2.62. The van der Waals surface area contributed by atoms with E-state index in [1.54, 1.807) is 7.11 Å². The summed E-state index contributed by atoms with van der Waals surface area (Å²) in [5.41, 5.74) is 1.54. The van der Waals surface area contributed by atoms with Crippen molar-refractivity contribution < 1.29 is 41.9 Å². The van der Waals surface area contributed by atoms with E-state index in [2.05, 4.69) is 26.1 Å². The summed E-state index contributed by atoms with van der Waals surface area (Å²) in [6.07, 6.45) is 13.8. The van der Waals surface area contributed by atoms with Crippen LogP contribution in [-0.2, 0) is 34.0 Å². The summed E-state index contributed by atoms with van der Waals surface area (Å²) in [5.74, 6) is -2.64. The van der Waals surface area contributed by atoms with Gasteiger partial charge in [0.15, 0.2) is 0 Å². The number of nitrogens with one attached hydrogen (secondary N) is 4. The van der Waals surface area contributed by atoms with Crippen LogP contribution in [-0.4, -0.2) is 101 Å². The fourth-order valence-electron chi connectivity index (χ4n) is 9.53. The van der Waals surface area contributed by atoms with Gasteiger partial charge in [0.1, 0.15) is 45.9 Å². The number of sulfonamides is 1. The maximum absolute atomic E-state index is 14.9. The molecule has 4 N–H and O–H groups in total. The number of aromatic nitrogens is 2. The Labute approximate surface area is 377 Å². The summed E-state index contributed by atoms with van der Waals surface area (Å²) < 4.78 is 40.7. The number of hydrogen-bond acceptors (Lipinski definition) is 12. The van der Waals surface area contributed by atoms with Gasteiger partial charge in [0.25, 0.3) is 5.91 Å². The number of aryl methyl sites for hydroxylation is 1. The lowest BCUT2D eigenvalue weighted by Gasteiger charge is -2.30. The SMILES string of the molecule is COc1ccc2c(O[C@@H]3C[C@H]4C(=O)N[C@]5(C(=O)NS(=O)(=O)C6CC6)C[C@H]5/C=C\CCCCC[C@H](NC(=O)C(=O)NC5CCCCC5)C(=O)N4C3)cc(-c3nc(C4CC4)cs3)nc2c1C. The summed E-state index contributed by atoms with van der Waals surface area (Å²) in [7, 11) is -2.34. The van der Waals surface area contributed by atoms with Crippen molar-refractivity contribution in [3.8, 4) is 22.2 Å². The van der Waals surface area contributed by atoms with Gasteiger partial charge in [-0.1, -0.05) is 44.3 Å². The highest BCUT2D eigenvalue weighted by atomic mass is 32.2. The molecule has 3 aromatic rings. The first kappa shape index (κ1) is 44.1. The molecule has 4 aliphatic carbocycles. The van der Waals surface area contributed by atoms with Gasteiger partial charge in [-0.15, -0.1) is 11.3 Å². The van der Waals surface area contributed by atoms with Crippen LogP contribution in [0.25, 0.3) is 21.6 Å². The van der Waals surface area contributed by atoms with E-state index in [-0.39, 0.29) is 31.8 Å². The number of methoxy groups -OCH3 is 1. The number of thiazole rings is 1. The third-order valence-electron chi connectivity index (χ3n) is 13.7. The number of carbonyl (C=O) groups is 5. The summed E-state index contributed by atoms with van der Waals surface area (Å²) >= 11 is 1.51. The lowest BCUT2D eigenvalue weighted by Crippen LogP contribution is -2.59. The minimum Gasteiger partial charge on any atom is -0.496 e. The maximum atomic E-state index is 14.9. The van der Waals surface area contributed by atoms with E-state index in [1.165, 1.54) is 16.2 Å². The summed E-state index contributed by atoms with van der Waals surface area (Å²) in [4.78, 5) is 81.6.